The largest absolute Gasteiger partial charge is 0.427 e. The summed E-state index contributed by atoms with van der Waals surface area (Å²) in [5.74, 6) is -0.104. The summed E-state index contributed by atoms with van der Waals surface area (Å²) in [5.41, 5.74) is 1.82. The van der Waals surface area contributed by atoms with Crippen LogP contribution in [0, 0.1) is 6.92 Å². The van der Waals surface area contributed by atoms with Gasteiger partial charge < -0.3 is 14.8 Å². The van der Waals surface area contributed by atoms with Gasteiger partial charge in [-0.15, -0.1) is 0 Å². The van der Waals surface area contributed by atoms with Crippen LogP contribution in [0.15, 0.2) is 42.5 Å². The molecule has 1 N–H and O–H groups in total. The van der Waals surface area contributed by atoms with E-state index < -0.39 is 0 Å². The second-order valence-electron chi connectivity index (χ2n) is 5.61. The van der Waals surface area contributed by atoms with E-state index in [1.165, 1.54) is 0 Å². The van der Waals surface area contributed by atoms with Gasteiger partial charge in [0.1, 0.15) is 11.5 Å². The van der Waals surface area contributed by atoms with Crippen molar-refractivity contribution < 1.29 is 23.9 Å². The number of aryl methyl sites for hydroxylation is 1. The van der Waals surface area contributed by atoms with E-state index in [4.69, 9.17) is 9.47 Å². The van der Waals surface area contributed by atoms with Crippen molar-refractivity contribution in [2.75, 3.05) is 5.32 Å². The van der Waals surface area contributed by atoms with Crippen LogP contribution in [0.4, 0.5) is 5.69 Å². The maximum Gasteiger partial charge on any atom is 0.310 e. The zero-order valence-corrected chi connectivity index (χ0v) is 15.0. The molecule has 0 aliphatic heterocycles. The highest BCUT2D eigenvalue weighted by Gasteiger charge is 2.10. The van der Waals surface area contributed by atoms with Gasteiger partial charge in [0.25, 0.3) is 5.91 Å². The molecule has 0 bridgehead atoms. The molecule has 6 heteroatoms. The third-order valence-corrected chi connectivity index (χ3v) is 3.60. The number of nitrogens with one attached hydrogen (secondary N) is 1. The molecule has 0 aliphatic rings. The lowest BCUT2D eigenvalue weighted by Crippen LogP contribution is -2.13. The number of esters is 2. The number of hydrogen-bond acceptors (Lipinski definition) is 5. The number of ether oxygens (including phenoxy) is 2. The molecule has 0 heterocycles. The summed E-state index contributed by atoms with van der Waals surface area (Å²) in [6.45, 7) is 5.24. The maximum absolute atomic E-state index is 12.4. The Labute approximate surface area is 152 Å². The molecule has 0 aliphatic carbocycles. The zero-order valence-electron chi connectivity index (χ0n) is 15.0. The lowest BCUT2D eigenvalue weighted by atomic mass is 10.1. The van der Waals surface area contributed by atoms with Gasteiger partial charge >= 0.3 is 11.9 Å². The number of carbonyl (C=O) groups is 3. The van der Waals surface area contributed by atoms with Crippen molar-refractivity contribution in [3.05, 3.63) is 53.6 Å². The van der Waals surface area contributed by atoms with Crippen LogP contribution in [0.2, 0.25) is 0 Å². The zero-order chi connectivity index (χ0) is 19.1. The molecule has 1 amide bonds. The third-order valence-electron chi connectivity index (χ3n) is 3.60. The summed E-state index contributed by atoms with van der Waals surface area (Å²) in [4.78, 5) is 35.0. The minimum absolute atomic E-state index is 0.283. The molecule has 0 aromatic heterocycles. The van der Waals surface area contributed by atoms with Gasteiger partial charge in [-0.2, -0.15) is 0 Å². The van der Waals surface area contributed by atoms with Gasteiger partial charge in [-0.3, -0.25) is 14.4 Å². The number of benzene rings is 2. The molecule has 2 aromatic rings. The molecular weight excluding hydrogens is 334 g/mol. The van der Waals surface area contributed by atoms with Crippen molar-refractivity contribution in [3.8, 4) is 11.5 Å². The molecule has 0 saturated carbocycles. The Bertz CT molecular complexity index is 811. The highest BCUT2D eigenvalue weighted by atomic mass is 16.5. The van der Waals surface area contributed by atoms with Crippen LogP contribution >= 0.6 is 0 Å². The Morgan fingerprint density at radius 3 is 1.92 bits per heavy atom. The van der Waals surface area contributed by atoms with E-state index in [2.05, 4.69) is 5.32 Å². The second-order valence-corrected chi connectivity index (χ2v) is 5.61. The summed E-state index contributed by atoms with van der Waals surface area (Å²) >= 11 is 0. The average molecular weight is 355 g/mol. The first kappa shape index (κ1) is 19.2. The minimum Gasteiger partial charge on any atom is -0.427 e. The van der Waals surface area contributed by atoms with E-state index in [-0.39, 0.29) is 24.3 Å². The lowest BCUT2D eigenvalue weighted by Gasteiger charge is -2.11. The maximum atomic E-state index is 12.4. The third kappa shape index (κ3) is 5.17. The van der Waals surface area contributed by atoms with Gasteiger partial charge in [-0.05, 0) is 55.0 Å². The van der Waals surface area contributed by atoms with Gasteiger partial charge in [-0.1, -0.05) is 13.8 Å². The van der Waals surface area contributed by atoms with Crippen LogP contribution in [0.3, 0.4) is 0 Å². The predicted molar refractivity (Wildman–Crippen MR) is 97.4 cm³/mol. The van der Waals surface area contributed by atoms with Crippen molar-refractivity contribution in [3.63, 3.8) is 0 Å². The smallest absolute Gasteiger partial charge is 0.310 e. The van der Waals surface area contributed by atoms with Gasteiger partial charge in [0, 0.05) is 24.1 Å². The molecule has 2 rings (SSSR count). The van der Waals surface area contributed by atoms with E-state index >= 15 is 0 Å². The summed E-state index contributed by atoms with van der Waals surface area (Å²) in [5, 5.41) is 2.81. The van der Waals surface area contributed by atoms with Crippen molar-refractivity contribution in [2.45, 2.75) is 33.6 Å². The molecule has 6 nitrogen and oxygen atoms in total. The average Bonchev–Trinajstić information content (AvgIpc) is 2.64. The van der Waals surface area contributed by atoms with E-state index in [1.807, 2.05) is 6.92 Å². The number of anilines is 1. The second kappa shape index (κ2) is 8.80. The highest BCUT2D eigenvalue weighted by molar-refractivity contribution is 6.04. The number of rotatable bonds is 6. The normalized spacial score (nSPS) is 10.1. The van der Waals surface area contributed by atoms with Crippen LogP contribution in [0.1, 0.15) is 42.6 Å². The molecule has 2 aromatic carbocycles. The summed E-state index contributed by atoms with van der Waals surface area (Å²) in [6.07, 6.45) is 0.576. The van der Waals surface area contributed by atoms with Crippen molar-refractivity contribution >= 4 is 23.5 Å². The first-order chi connectivity index (χ1) is 12.4. The Hall–Kier alpha value is -3.15. The van der Waals surface area contributed by atoms with E-state index in [0.29, 0.717) is 29.2 Å². The topological polar surface area (TPSA) is 81.7 Å². The Morgan fingerprint density at radius 2 is 1.38 bits per heavy atom. The molecule has 0 atom stereocenters. The standard InChI is InChI=1S/C20H21NO5/c1-4-18(22)25-15-8-6-14(7-9-15)20(24)21-17-11-10-16(12-13(17)3)26-19(23)5-2/h6-12H,4-5H2,1-3H3,(H,21,24). The molecular formula is C20H21NO5. The van der Waals surface area contributed by atoms with Crippen LogP contribution < -0.4 is 14.8 Å². The lowest BCUT2D eigenvalue weighted by molar-refractivity contribution is -0.134. The quantitative estimate of drug-likeness (QED) is 0.628. The van der Waals surface area contributed by atoms with Crippen molar-refractivity contribution in [1.29, 1.82) is 0 Å². The van der Waals surface area contributed by atoms with Crippen LogP contribution in [0.25, 0.3) is 0 Å². The van der Waals surface area contributed by atoms with Crippen molar-refractivity contribution in [1.82, 2.24) is 0 Å². The fourth-order valence-electron chi connectivity index (χ4n) is 2.12. The first-order valence-corrected chi connectivity index (χ1v) is 8.36. The summed E-state index contributed by atoms with van der Waals surface area (Å²) in [6, 6.07) is 11.3. The SMILES string of the molecule is CCC(=O)Oc1ccc(C(=O)Nc2ccc(OC(=O)CC)cc2C)cc1. The number of carbonyl (C=O) groups excluding carboxylic acids is 3. The molecule has 0 unspecified atom stereocenters. The highest BCUT2D eigenvalue weighted by Crippen LogP contribution is 2.23. The monoisotopic (exact) mass is 355 g/mol. The van der Waals surface area contributed by atoms with Crippen LogP contribution in [0.5, 0.6) is 11.5 Å². The van der Waals surface area contributed by atoms with E-state index in [1.54, 1.807) is 56.3 Å². The molecule has 0 spiro atoms. The summed E-state index contributed by atoms with van der Waals surface area (Å²) < 4.78 is 10.2. The molecule has 0 saturated heterocycles. The Morgan fingerprint density at radius 1 is 0.846 bits per heavy atom. The minimum atomic E-state index is -0.332. The first-order valence-electron chi connectivity index (χ1n) is 8.36. The van der Waals surface area contributed by atoms with Crippen LogP contribution in [-0.4, -0.2) is 17.8 Å². The van der Waals surface area contributed by atoms with E-state index in [9.17, 15) is 14.4 Å². The Kier molecular flexibility index (Phi) is 6.49. The molecule has 136 valence electrons. The van der Waals surface area contributed by atoms with Crippen molar-refractivity contribution in [2.24, 2.45) is 0 Å². The molecule has 0 fully saturated rings. The fraction of sp³-hybridized carbons (Fsp3) is 0.250. The van der Waals surface area contributed by atoms with Gasteiger partial charge in [-0.25, -0.2) is 0 Å². The van der Waals surface area contributed by atoms with Crippen LogP contribution in [-0.2, 0) is 9.59 Å². The Balaban J connectivity index is 2.05. The fourth-order valence-corrected chi connectivity index (χ4v) is 2.12. The van der Waals surface area contributed by atoms with E-state index in [0.717, 1.165) is 5.56 Å². The molecule has 0 radical (unpaired) electrons. The van der Waals surface area contributed by atoms with Gasteiger partial charge in [0.05, 0.1) is 0 Å². The van der Waals surface area contributed by atoms with Gasteiger partial charge in [0.2, 0.25) is 0 Å². The predicted octanol–water partition coefficient (Wildman–Crippen LogP) is 3.88. The molecule has 26 heavy (non-hydrogen) atoms. The number of hydrogen-bond donors (Lipinski definition) is 1. The number of amides is 1. The van der Waals surface area contributed by atoms with Gasteiger partial charge in [0.15, 0.2) is 0 Å². The summed E-state index contributed by atoms with van der Waals surface area (Å²) in [7, 11) is 0.